The summed E-state index contributed by atoms with van der Waals surface area (Å²) in [7, 11) is 0. The van der Waals surface area contributed by atoms with E-state index in [1.165, 1.54) is 38.5 Å². The average Bonchev–Trinajstić information content (AvgIpc) is 2.97. The molecule has 2 aliphatic rings. The zero-order chi connectivity index (χ0) is 13.4. The Kier molecular flexibility index (Phi) is 4.00. The normalized spacial score (nSPS) is 32.3. The Morgan fingerprint density at radius 2 is 2.00 bits per heavy atom. The van der Waals surface area contributed by atoms with Crippen molar-refractivity contribution in [1.29, 1.82) is 0 Å². The zero-order valence-electron chi connectivity index (χ0n) is 12.5. The number of nitrogens with one attached hydrogen (secondary N) is 1. The van der Waals surface area contributed by atoms with Crippen LogP contribution in [-0.2, 0) is 12.8 Å². The molecule has 1 aromatic rings. The van der Waals surface area contributed by atoms with Crippen molar-refractivity contribution < 1.29 is 0 Å². The predicted molar refractivity (Wildman–Crippen MR) is 83.9 cm³/mol. The standard InChI is InChI=1S/C17H27NS/c1-11-8-9-15(12(11)2)18-13(3)17-10-14-6-4-5-7-16(14)19-17/h10-13,15,18H,4-9H2,1-3H3. The molecule has 106 valence electrons. The van der Waals surface area contributed by atoms with E-state index in [0.717, 1.165) is 17.9 Å². The molecule has 1 saturated carbocycles. The summed E-state index contributed by atoms with van der Waals surface area (Å²) in [6.07, 6.45) is 8.18. The first-order chi connectivity index (χ1) is 9.15. The van der Waals surface area contributed by atoms with E-state index in [-0.39, 0.29) is 0 Å². The molecule has 0 aromatic carbocycles. The molecule has 0 amide bonds. The summed E-state index contributed by atoms with van der Waals surface area (Å²) in [4.78, 5) is 3.24. The molecular formula is C17H27NS. The molecule has 0 saturated heterocycles. The van der Waals surface area contributed by atoms with Gasteiger partial charge in [-0.15, -0.1) is 11.3 Å². The molecule has 1 N–H and O–H groups in total. The summed E-state index contributed by atoms with van der Waals surface area (Å²) < 4.78 is 0. The van der Waals surface area contributed by atoms with Gasteiger partial charge >= 0.3 is 0 Å². The molecule has 2 aliphatic carbocycles. The van der Waals surface area contributed by atoms with Gasteiger partial charge in [-0.25, -0.2) is 0 Å². The largest absolute Gasteiger partial charge is 0.306 e. The van der Waals surface area contributed by atoms with Crippen LogP contribution in [0.25, 0.3) is 0 Å². The van der Waals surface area contributed by atoms with Gasteiger partial charge in [-0.3, -0.25) is 0 Å². The maximum Gasteiger partial charge on any atom is 0.0388 e. The summed E-state index contributed by atoms with van der Waals surface area (Å²) in [5, 5.41) is 3.89. The predicted octanol–water partition coefficient (Wildman–Crippen LogP) is 4.71. The Hall–Kier alpha value is -0.340. The van der Waals surface area contributed by atoms with E-state index < -0.39 is 0 Å². The number of hydrogen-bond donors (Lipinski definition) is 1. The van der Waals surface area contributed by atoms with Gasteiger partial charge in [0.1, 0.15) is 0 Å². The fourth-order valence-electron chi connectivity index (χ4n) is 3.73. The lowest BCUT2D eigenvalue weighted by Gasteiger charge is -2.23. The minimum absolute atomic E-state index is 0.536. The fraction of sp³-hybridized carbons (Fsp3) is 0.765. The van der Waals surface area contributed by atoms with Crippen LogP contribution >= 0.6 is 11.3 Å². The third kappa shape index (κ3) is 2.75. The minimum atomic E-state index is 0.536. The molecular weight excluding hydrogens is 250 g/mol. The van der Waals surface area contributed by atoms with Crippen LogP contribution in [0.4, 0.5) is 0 Å². The lowest BCUT2D eigenvalue weighted by atomic mass is 9.97. The molecule has 0 aliphatic heterocycles. The van der Waals surface area contributed by atoms with Gasteiger partial charge in [-0.2, -0.15) is 0 Å². The van der Waals surface area contributed by atoms with E-state index in [2.05, 4.69) is 43.5 Å². The molecule has 4 unspecified atom stereocenters. The first kappa shape index (κ1) is 13.6. The maximum absolute atomic E-state index is 3.89. The molecule has 0 bridgehead atoms. The van der Waals surface area contributed by atoms with Gasteiger partial charge in [-0.1, -0.05) is 13.8 Å². The van der Waals surface area contributed by atoms with Crippen molar-refractivity contribution in [2.75, 3.05) is 0 Å². The molecule has 0 spiro atoms. The maximum atomic E-state index is 3.89. The SMILES string of the molecule is CC(NC1CCC(C)C1C)c1cc2c(s1)CCCC2. The molecule has 3 rings (SSSR count). The van der Waals surface area contributed by atoms with Crippen molar-refractivity contribution in [2.24, 2.45) is 11.8 Å². The van der Waals surface area contributed by atoms with Gasteiger partial charge in [0.2, 0.25) is 0 Å². The molecule has 19 heavy (non-hydrogen) atoms. The number of thiophene rings is 1. The summed E-state index contributed by atoms with van der Waals surface area (Å²) in [6, 6.07) is 3.75. The van der Waals surface area contributed by atoms with E-state index in [4.69, 9.17) is 0 Å². The Morgan fingerprint density at radius 3 is 2.68 bits per heavy atom. The first-order valence-electron chi connectivity index (χ1n) is 8.02. The Labute approximate surface area is 121 Å². The minimum Gasteiger partial charge on any atom is -0.306 e. The van der Waals surface area contributed by atoms with E-state index >= 15 is 0 Å². The molecule has 1 heterocycles. The van der Waals surface area contributed by atoms with Crippen molar-refractivity contribution in [3.63, 3.8) is 0 Å². The average molecular weight is 277 g/mol. The van der Waals surface area contributed by atoms with Gasteiger partial charge in [0.15, 0.2) is 0 Å². The van der Waals surface area contributed by atoms with Gasteiger partial charge in [-0.05, 0) is 68.9 Å². The molecule has 4 atom stereocenters. The Morgan fingerprint density at radius 1 is 1.21 bits per heavy atom. The second kappa shape index (κ2) is 5.57. The summed E-state index contributed by atoms with van der Waals surface area (Å²) in [5.41, 5.74) is 1.65. The molecule has 2 heteroatoms. The number of hydrogen-bond acceptors (Lipinski definition) is 2. The summed E-state index contributed by atoms with van der Waals surface area (Å²) >= 11 is 2.07. The lowest BCUT2D eigenvalue weighted by molar-refractivity contribution is 0.348. The van der Waals surface area contributed by atoms with E-state index in [0.29, 0.717) is 6.04 Å². The van der Waals surface area contributed by atoms with Crippen LogP contribution in [0.2, 0.25) is 0 Å². The van der Waals surface area contributed by atoms with Gasteiger partial charge < -0.3 is 5.32 Å². The monoisotopic (exact) mass is 277 g/mol. The van der Waals surface area contributed by atoms with Crippen LogP contribution < -0.4 is 5.32 Å². The van der Waals surface area contributed by atoms with E-state index in [1.54, 1.807) is 15.3 Å². The Balaban J connectivity index is 1.67. The summed E-state index contributed by atoms with van der Waals surface area (Å²) in [6.45, 7) is 7.18. The third-order valence-corrected chi connectivity index (χ3v) is 6.79. The second-order valence-electron chi connectivity index (χ2n) is 6.71. The quantitative estimate of drug-likeness (QED) is 0.843. The van der Waals surface area contributed by atoms with Crippen LogP contribution in [0.15, 0.2) is 6.07 Å². The van der Waals surface area contributed by atoms with Crippen LogP contribution in [0.5, 0.6) is 0 Å². The molecule has 1 aromatic heterocycles. The zero-order valence-corrected chi connectivity index (χ0v) is 13.4. The van der Waals surface area contributed by atoms with Gasteiger partial charge in [0, 0.05) is 21.8 Å². The highest BCUT2D eigenvalue weighted by Crippen LogP contribution is 2.36. The van der Waals surface area contributed by atoms with E-state index in [9.17, 15) is 0 Å². The topological polar surface area (TPSA) is 12.0 Å². The second-order valence-corrected chi connectivity index (χ2v) is 7.88. The lowest BCUT2D eigenvalue weighted by Crippen LogP contribution is -2.34. The number of rotatable bonds is 3. The van der Waals surface area contributed by atoms with Crippen LogP contribution in [0.3, 0.4) is 0 Å². The van der Waals surface area contributed by atoms with Crippen molar-refractivity contribution in [2.45, 2.75) is 71.4 Å². The van der Waals surface area contributed by atoms with Crippen molar-refractivity contribution in [1.82, 2.24) is 5.32 Å². The highest BCUT2D eigenvalue weighted by Gasteiger charge is 2.30. The molecule has 1 nitrogen and oxygen atoms in total. The van der Waals surface area contributed by atoms with Gasteiger partial charge in [0.25, 0.3) is 0 Å². The van der Waals surface area contributed by atoms with Crippen molar-refractivity contribution in [3.8, 4) is 0 Å². The van der Waals surface area contributed by atoms with Gasteiger partial charge in [0.05, 0.1) is 0 Å². The van der Waals surface area contributed by atoms with Crippen molar-refractivity contribution >= 4 is 11.3 Å². The molecule has 1 fully saturated rings. The highest BCUT2D eigenvalue weighted by atomic mass is 32.1. The third-order valence-electron chi connectivity index (χ3n) is 5.37. The summed E-state index contributed by atoms with van der Waals surface area (Å²) in [5.74, 6) is 1.72. The number of aryl methyl sites for hydroxylation is 2. The Bertz CT molecular complexity index is 413. The van der Waals surface area contributed by atoms with Crippen LogP contribution in [0.1, 0.15) is 67.8 Å². The fourth-order valence-corrected chi connectivity index (χ4v) is 5.00. The van der Waals surface area contributed by atoms with E-state index in [1.807, 2.05) is 0 Å². The first-order valence-corrected chi connectivity index (χ1v) is 8.84. The smallest absolute Gasteiger partial charge is 0.0388 e. The molecule has 0 radical (unpaired) electrons. The van der Waals surface area contributed by atoms with Crippen LogP contribution in [0, 0.1) is 11.8 Å². The highest BCUT2D eigenvalue weighted by molar-refractivity contribution is 7.12. The van der Waals surface area contributed by atoms with Crippen LogP contribution in [-0.4, -0.2) is 6.04 Å². The van der Waals surface area contributed by atoms with Crippen molar-refractivity contribution in [3.05, 3.63) is 21.4 Å². The number of fused-ring (bicyclic) bond motifs is 1.